The van der Waals surface area contributed by atoms with Crippen LogP contribution in [0.3, 0.4) is 0 Å². The minimum absolute atomic E-state index is 0.0863. The molecule has 0 aliphatic carbocycles. The number of fused-ring (bicyclic) bond motifs is 1. The highest BCUT2D eigenvalue weighted by atomic mass is 16.5. The maximum Gasteiger partial charge on any atom is 0.255 e. The van der Waals surface area contributed by atoms with Crippen LogP contribution in [-0.2, 0) is 19.5 Å². The van der Waals surface area contributed by atoms with Gasteiger partial charge < -0.3 is 14.5 Å². The number of benzene rings is 1. The third-order valence-corrected chi connectivity index (χ3v) is 4.90. The second-order valence-corrected chi connectivity index (χ2v) is 6.76. The Kier molecular flexibility index (Phi) is 5.08. The van der Waals surface area contributed by atoms with Crippen molar-refractivity contribution >= 4 is 0 Å². The van der Waals surface area contributed by atoms with Gasteiger partial charge >= 0.3 is 0 Å². The minimum atomic E-state index is -0.0863. The van der Waals surface area contributed by atoms with Crippen LogP contribution in [0.15, 0.2) is 47.5 Å². The van der Waals surface area contributed by atoms with Crippen molar-refractivity contribution < 1.29 is 9.47 Å². The molecule has 7 heteroatoms. The van der Waals surface area contributed by atoms with Crippen LogP contribution in [0.5, 0.6) is 11.5 Å². The summed E-state index contributed by atoms with van der Waals surface area (Å²) in [6.45, 7) is 2.09. The molecule has 1 N–H and O–H groups in total. The first-order valence-electron chi connectivity index (χ1n) is 9.13. The van der Waals surface area contributed by atoms with E-state index in [1.54, 1.807) is 26.6 Å². The van der Waals surface area contributed by atoms with Gasteiger partial charge in [-0.25, -0.2) is 4.98 Å². The number of hydrogen-bond donors (Lipinski definition) is 1. The zero-order valence-electron chi connectivity index (χ0n) is 15.9. The van der Waals surface area contributed by atoms with Crippen LogP contribution in [0, 0.1) is 0 Å². The molecule has 0 fully saturated rings. The average molecular weight is 378 g/mol. The third kappa shape index (κ3) is 3.75. The van der Waals surface area contributed by atoms with Gasteiger partial charge in [-0.2, -0.15) is 0 Å². The Bertz CT molecular complexity index is 1010. The van der Waals surface area contributed by atoms with E-state index in [-0.39, 0.29) is 5.56 Å². The molecule has 0 saturated heterocycles. The fourth-order valence-corrected chi connectivity index (χ4v) is 3.47. The number of aromatic amines is 1. The summed E-state index contributed by atoms with van der Waals surface area (Å²) in [5, 5.41) is 0. The molecule has 3 heterocycles. The van der Waals surface area contributed by atoms with Gasteiger partial charge in [0.1, 0.15) is 17.3 Å². The van der Waals surface area contributed by atoms with E-state index in [0.717, 1.165) is 46.8 Å². The molecule has 1 aliphatic rings. The van der Waals surface area contributed by atoms with E-state index in [1.807, 2.05) is 30.3 Å². The number of methoxy groups -OCH3 is 2. The summed E-state index contributed by atoms with van der Waals surface area (Å²) in [7, 11) is 3.28. The molecule has 7 nitrogen and oxygen atoms in total. The summed E-state index contributed by atoms with van der Waals surface area (Å²) in [4.78, 5) is 26.6. The molecule has 0 radical (unpaired) electrons. The Balaban J connectivity index is 1.56. The molecular formula is C21H22N4O3. The lowest BCUT2D eigenvalue weighted by Gasteiger charge is -2.28. The number of H-pyrrole nitrogens is 1. The van der Waals surface area contributed by atoms with Crippen LogP contribution >= 0.6 is 0 Å². The molecule has 0 saturated carbocycles. The Hall–Kier alpha value is -3.19. The molecule has 0 spiro atoms. The second kappa shape index (κ2) is 7.82. The van der Waals surface area contributed by atoms with Gasteiger partial charge in [-0.3, -0.25) is 14.7 Å². The Morgan fingerprint density at radius 1 is 1.18 bits per heavy atom. The van der Waals surface area contributed by atoms with Gasteiger partial charge in [-0.1, -0.05) is 0 Å². The van der Waals surface area contributed by atoms with E-state index >= 15 is 0 Å². The van der Waals surface area contributed by atoms with Crippen molar-refractivity contribution in [2.75, 3.05) is 20.8 Å². The normalized spacial score (nSPS) is 13.8. The number of nitrogens with zero attached hydrogens (tertiary/aromatic N) is 3. The van der Waals surface area contributed by atoms with Crippen LogP contribution in [0.1, 0.15) is 16.8 Å². The van der Waals surface area contributed by atoms with Gasteiger partial charge in [0.05, 0.1) is 25.5 Å². The largest absolute Gasteiger partial charge is 0.497 e. The van der Waals surface area contributed by atoms with Gasteiger partial charge in [0.15, 0.2) is 0 Å². The van der Waals surface area contributed by atoms with Crippen molar-refractivity contribution in [2.45, 2.75) is 19.5 Å². The number of pyridine rings is 1. The van der Waals surface area contributed by atoms with E-state index in [4.69, 9.17) is 9.47 Å². The minimum Gasteiger partial charge on any atom is -0.497 e. The van der Waals surface area contributed by atoms with Crippen molar-refractivity contribution in [1.82, 2.24) is 19.9 Å². The Morgan fingerprint density at radius 2 is 1.96 bits per heavy atom. The fraction of sp³-hybridized carbons (Fsp3) is 0.286. The standard InChI is InChI=1S/C21H22N4O3/c1-27-16-8-14(9-17(10-16)28-2)12-25-7-5-19-18(13-25)21(26)24-20(23-19)15-4-3-6-22-11-15/h3-4,6,8-11H,5,7,12-13H2,1-2H3,(H,23,24,26). The van der Waals surface area contributed by atoms with Crippen molar-refractivity contribution in [2.24, 2.45) is 0 Å². The SMILES string of the molecule is COc1cc(CN2CCc3nc(-c4cccnc4)[nH]c(=O)c3C2)cc(OC)c1. The summed E-state index contributed by atoms with van der Waals surface area (Å²) in [6, 6.07) is 9.56. The Morgan fingerprint density at radius 3 is 2.64 bits per heavy atom. The van der Waals surface area contributed by atoms with Crippen molar-refractivity contribution in [1.29, 1.82) is 0 Å². The van der Waals surface area contributed by atoms with Crippen molar-refractivity contribution in [3.8, 4) is 22.9 Å². The lowest BCUT2D eigenvalue weighted by molar-refractivity contribution is 0.241. The predicted molar refractivity (Wildman–Crippen MR) is 105 cm³/mol. The first kappa shape index (κ1) is 18.2. The zero-order chi connectivity index (χ0) is 19.5. The number of ether oxygens (including phenoxy) is 2. The Labute approximate surface area is 163 Å². The van der Waals surface area contributed by atoms with Gasteiger partial charge in [0.2, 0.25) is 0 Å². The molecule has 0 unspecified atom stereocenters. The highest BCUT2D eigenvalue weighted by molar-refractivity contribution is 5.53. The van der Waals surface area contributed by atoms with E-state index in [0.29, 0.717) is 18.9 Å². The summed E-state index contributed by atoms with van der Waals surface area (Å²) in [5.74, 6) is 2.09. The first-order chi connectivity index (χ1) is 13.7. The van der Waals surface area contributed by atoms with E-state index in [1.165, 1.54) is 0 Å². The highest BCUT2D eigenvalue weighted by Crippen LogP contribution is 2.25. The molecule has 0 bridgehead atoms. The molecule has 1 aromatic carbocycles. The van der Waals surface area contributed by atoms with E-state index in [2.05, 4.69) is 19.9 Å². The van der Waals surface area contributed by atoms with Gasteiger partial charge in [-0.05, 0) is 29.8 Å². The lowest BCUT2D eigenvalue weighted by Crippen LogP contribution is -2.35. The molecule has 144 valence electrons. The van der Waals surface area contributed by atoms with E-state index < -0.39 is 0 Å². The second-order valence-electron chi connectivity index (χ2n) is 6.76. The maximum absolute atomic E-state index is 12.7. The molecular weight excluding hydrogens is 356 g/mol. The quantitative estimate of drug-likeness (QED) is 0.734. The topological polar surface area (TPSA) is 80.3 Å². The van der Waals surface area contributed by atoms with Gasteiger partial charge in [0.25, 0.3) is 5.56 Å². The summed E-state index contributed by atoms with van der Waals surface area (Å²) >= 11 is 0. The molecule has 1 aliphatic heterocycles. The third-order valence-electron chi connectivity index (χ3n) is 4.90. The average Bonchev–Trinajstić information content (AvgIpc) is 2.74. The predicted octanol–water partition coefficient (Wildman–Crippen LogP) is 2.41. The highest BCUT2D eigenvalue weighted by Gasteiger charge is 2.22. The lowest BCUT2D eigenvalue weighted by atomic mass is 10.1. The number of aromatic nitrogens is 3. The van der Waals surface area contributed by atoms with Gasteiger partial charge in [-0.15, -0.1) is 0 Å². The number of nitrogens with one attached hydrogen (secondary N) is 1. The van der Waals surface area contributed by atoms with Crippen molar-refractivity contribution in [3.63, 3.8) is 0 Å². The van der Waals surface area contributed by atoms with Crippen LogP contribution in [-0.4, -0.2) is 40.6 Å². The molecule has 0 amide bonds. The smallest absolute Gasteiger partial charge is 0.255 e. The molecule has 3 aromatic rings. The summed E-state index contributed by atoms with van der Waals surface area (Å²) in [5.41, 5.74) is 3.40. The summed E-state index contributed by atoms with van der Waals surface area (Å²) in [6.07, 6.45) is 4.13. The monoisotopic (exact) mass is 378 g/mol. The van der Waals surface area contributed by atoms with Crippen LogP contribution in [0.2, 0.25) is 0 Å². The zero-order valence-corrected chi connectivity index (χ0v) is 15.9. The van der Waals surface area contributed by atoms with Crippen molar-refractivity contribution in [3.05, 3.63) is 69.9 Å². The van der Waals surface area contributed by atoms with Gasteiger partial charge in [0, 0.05) is 50.1 Å². The summed E-state index contributed by atoms with van der Waals surface area (Å²) < 4.78 is 10.7. The fourth-order valence-electron chi connectivity index (χ4n) is 3.47. The van der Waals surface area contributed by atoms with Crippen LogP contribution in [0.4, 0.5) is 0 Å². The molecule has 4 rings (SSSR count). The molecule has 28 heavy (non-hydrogen) atoms. The van der Waals surface area contributed by atoms with Crippen LogP contribution in [0.25, 0.3) is 11.4 Å². The number of rotatable bonds is 5. The number of hydrogen-bond acceptors (Lipinski definition) is 6. The maximum atomic E-state index is 12.7. The van der Waals surface area contributed by atoms with Crippen LogP contribution < -0.4 is 15.0 Å². The molecule has 0 atom stereocenters. The van der Waals surface area contributed by atoms with E-state index in [9.17, 15) is 4.79 Å². The first-order valence-corrected chi connectivity index (χ1v) is 9.13. The molecule has 2 aromatic heterocycles.